The van der Waals surface area contributed by atoms with Crippen LogP contribution < -0.4 is 15.4 Å². The predicted molar refractivity (Wildman–Crippen MR) is 190 cm³/mol. The van der Waals surface area contributed by atoms with Crippen LogP contribution in [0.1, 0.15) is 120 Å². The van der Waals surface area contributed by atoms with Gasteiger partial charge in [0.05, 0.1) is 11.4 Å². The van der Waals surface area contributed by atoms with E-state index in [2.05, 4.69) is 56.9 Å². The molecule has 3 N–H and O–H groups in total. The Morgan fingerprint density at radius 1 is 1.00 bits per heavy atom. The lowest BCUT2D eigenvalue weighted by molar-refractivity contribution is -0.141. The minimum atomic E-state index is -3.85. The first-order chi connectivity index (χ1) is 22.7. The number of ether oxygens (including phenoxy) is 1. The highest BCUT2D eigenvalue weighted by Crippen LogP contribution is 2.47. The summed E-state index contributed by atoms with van der Waals surface area (Å²) in [6.07, 6.45) is 7.59. The number of nitrogens with one attached hydrogen (secondary N) is 3. The SMILES string of the molecule is CC(C)[Si](O[C@@H]1C[C@H]2C(=O)N[C@]3(C(=O)NS(=O)(=O)C4CC4)C[C@H]3/C=C/CCCCC[C@H](NC(=O)OC(C)(C)C)C(=O)N2C1)(C(C)C)C(C)C. The lowest BCUT2D eigenvalue weighted by Crippen LogP contribution is -2.58. The van der Waals surface area contributed by atoms with Crippen LogP contribution in [0.4, 0.5) is 4.79 Å². The lowest BCUT2D eigenvalue weighted by atomic mass is 10.0. The average molecular weight is 725 g/mol. The molecule has 1 saturated heterocycles. The summed E-state index contributed by atoms with van der Waals surface area (Å²) in [4.78, 5) is 56.9. The number of carbonyl (C=O) groups excluding carboxylic acids is 4. The smallest absolute Gasteiger partial charge is 0.408 e. The van der Waals surface area contributed by atoms with Crippen LogP contribution in [-0.4, -0.2) is 86.6 Å². The Labute approximate surface area is 294 Å². The number of nitrogens with zero attached hydrogens (tertiary/aromatic N) is 1. The van der Waals surface area contributed by atoms with E-state index < -0.39 is 76.7 Å². The fourth-order valence-electron chi connectivity index (χ4n) is 7.99. The number of hydrogen-bond acceptors (Lipinski definition) is 8. The van der Waals surface area contributed by atoms with Gasteiger partial charge in [-0.25, -0.2) is 13.2 Å². The van der Waals surface area contributed by atoms with E-state index in [4.69, 9.17) is 9.16 Å². The Balaban J connectivity index is 1.69. The largest absolute Gasteiger partial charge is 0.444 e. The van der Waals surface area contributed by atoms with Crippen LogP contribution in [-0.2, 0) is 33.6 Å². The van der Waals surface area contributed by atoms with Crippen LogP contribution in [0.15, 0.2) is 12.2 Å². The van der Waals surface area contributed by atoms with E-state index in [9.17, 15) is 27.6 Å². The van der Waals surface area contributed by atoms with Gasteiger partial charge in [-0.1, -0.05) is 66.5 Å². The first kappa shape index (κ1) is 39.3. The van der Waals surface area contributed by atoms with Gasteiger partial charge in [-0.05, 0) is 75.9 Å². The molecule has 0 aromatic rings. The molecule has 0 aromatic carbocycles. The molecule has 5 atom stereocenters. The van der Waals surface area contributed by atoms with Crippen molar-refractivity contribution in [3.05, 3.63) is 12.2 Å². The Kier molecular flexibility index (Phi) is 12.1. The molecular formula is C35H60N4O8SSi. The van der Waals surface area contributed by atoms with Crippen LogP contribution >= 0.6 is 0 Å². The van der Waals surface area contributed by atoms with Crippen molar-refractivity contribution in [2.75, 3.05) is 6.54 Å². The number of fused-ring (bicyclic) bond motifs is 2. The van der Waals surface area contributed by atoms with Crippen LogP contribution in [0.3, 0.4) is 0 Å². The Hall–Kier alpha value is -2.45. The molecule has 49 heavy (non-hydrogen) atoms. The quantitative estimate of drug-likeness (QED) is 0.220. The van der Waals surface area contributed by atoms with E-state index in [1.165, 1.54) is 4.90 Å². The average Bonchev–Trinajstić information content (AvgIpc) is 3.89. The molecule has 0 bridgehead atoms. The van der Waals surface area contributed by atoms with E-state index in [0.29, 0.717) is 25.7 Å². The first-order valence-electron chi connectivity index (χ1n) is 18.3. The lowest BCUT2D eigenvalue weighted by Gasteiger charge is -2.44. The highest BCUT2D eigenvalue weighted by atomic mass is 32.2. The second kappa shape index (κ2) is 15.0. The summed E-state index contributed by atoms with van der Waals surface area (Å²) in [6, 6.07) is -1.92. The summed E-state index contributed by atoms with van der Waals surface area (Å²) in [5.74, 6) is -2.06. The number of carbonyl (C=O) groups is 4. The zero-order valence-corrected chi connectivity index (χ0v) is 32.8. The molecule has 4 amide bonds. The van der Waals surface area contributed by atoms with Gasteiger partial charge in [0.1, 0.15) is 23.2 Å². The fourth-order valence-corrected chi connectivity index (χ4v) is 14.9. The third-order valence-electron chi connectivity index (χ3n) is 10.6. The van der Waals surface area contributed by atoms with Gasteiger partial charge in [0.25, 0.3) is 5.91 Å². The van der Waals surface area contributed by atoms with Gasteiger partial charge >= 0.3 is 6.09 Å². The maximum Gasteiger partial charge on any atom is 0.408 e. The summed E-state index contributed by atoms with van der Waals surface area (Å²) in [5.41, 5.74) is -1.39. The summed E-state index contributed by atoms with van der Waals surface area (Å²) in [7, 11) is -6.27. The molecule has 4 rings (SSSR count). The highest BCUT2D eigenvalue weighted by Gasteiger charge is 2.62. The number of amides is 4. The molecule has 2 heterocycles. The van der Waals surface area contributed by atoms with Crippen molar-refractivity contribution in [2.45, 2.75) is 171 Å². The van der Waals surface area contributed by atoms with Gasteiger partial charge in [-0.15, -0.1) is 0 Å². The Bertz CT molecular complexity index is 1370. The monoisotopic (exact) mass is 724 g/mol. The third-order valence-corrected chi connectivity index (χ3v) is 18.6. The standard InChI is InChI=1S/C35H60N4O8SSi/c1-22(2)49(23(3)4,24(5)6)47-26-19-29-30(40)37-35(32(42)38-48(44,45)27-17-18-27)20-25(35)15-13-11-10-12-14-16-28(31(41)39(29)21-26)36-33(43)46-34(7,8)9/h13,15,22-29H,10-12,14,16-21H2,1-9H3,(H,36,43)(H,37,40)(H,38,42)/b15-13+/t25-,26-,28+,29+,35-/m1/s1. The zero-order valence-electron chi connectivity index (χ0n) is 31.0. The number of sulfonamides is 1. The van der Waals surface area contributed by atoms with E-state index in [1.54, 1.807) is 20.8 Å². The second-order valence-corrected chi connectivity index (χ2v) is 23.9. The van der Waals surface area contributed by atoms with E-state index in [1.807, 2.05) is 12.2 Å². The summed E-state index contributed by atoms with van der Waals surface area (Å²) in [6.45, 7) is 18.5. The van der Waals surface area contributed by atoms with Crippen molar-refractivity contribution in [3.63, 3.8) is 0 Å². The molecule has 4 aliphatic rings. The van der Waals surface area contributed by atoms with Crippen LogP contribution in [0.5, 0.6) is 0 Å². The molecule has 0 radical (unpaired) electrons. The van der Waals surface area contributed by atoms with E-state index in [0.717, 1.165) is 19.3 Å². The number of allylic oxidation sites excluding steroid dienone is 1. The molecular weight excluding hydrogens is 665 g/mol. The predicted octanol–water partition coefficient (Wildman–Crippen LogP) is 5.04. The normalized spacial score (nSPS) is 29.4. The van der Waals surface area contributed by atoms with Crippen molar-refractivity contribution in [1.29, 1.82) is 0 Å². The molecule has 3 fully saturated rings. The molecule has 2 saturated carbocycles. The minimum absolute atomic E-state index is 0.156. The van der Waals surface area contributed by atoms with Crippen molar-refractivity contribution < 1.29 is 36.8 Å². The maximum atomic E-state index is 14.5. The van der Waals surface area contributed by atoms with Crippen molar-refractivity contribution in [2.24, 2.45) is 5.92 Å². The van der Waals surface area contributed by atoms with Gasteiger partial charge in [0.15, 0.2) is 0 Å². The first-order valence-corrected chi connectivity index (χ1v) is 21.9. The second-order valence-electron chi connectivity index (χ2n) is 16.5. The Morgan fingerprint density at radius 2 is 1.63 bits per heavy atom. The van der Waals surface area contributed by atoms with Crippen molar-refractivity contribution in [3.8, 4) is 0 Å². The number of hydrogen-bond donors (Lipinski definition) is 3. The molecule has 2 aliphatic carbocycles. The number of alkyl carbamates (subject to hydrolysis) is 1. The van der Waals surface area contributed by atoms with Crippen LogP contribution in [0.25, 0.3) is 0 Å². The minimum Gasteiger partial charge on any atom is -0.444 e. The fraction of sp³-hybridized carbons (Fsp3) is 0.829. The van der Waals surface area contributed by atoms with Gasteiger partial charge in [0, 0.05) is 18.9 Å². The molecule has 12 nitrogen and oxygen atoms in total. The van der Waals surface area contributed by atoms with Crippen molar-refractivity contribution in [1.82, 2.24) is 20.3 Å². The third kappa shape index (κ3) is 9.08. The summed E-state index contributed by atoms with van der Waals surface area (Å²) < 4.78 is 40.4. The molecule has 0 unspecified atom stereocenters. The molecule has 14 heteroatoms. The molecule has 0 spiro atoms. The molecule has 2 aliphatic heterocycles. The van der Waals surface area contributed by atoms with Gasteiger partial charge in [-0.3, -0.25) is 19.1 Å². The number of rotatable bonds is 9. The van der Waals surface area contributed by atoms with E-state index in [-0.39, 0.29) is 41.9 Å². The van der Waals surface area contributed by atoms with Gasteiger partial charge in [0.2, 0.25) is 30.2 Å². The van der Waals surface area contributed by atoms with Crippen LogP contribution in [0, 0.1) is 5.92 Å². The maximum absolute atomic E-state index is 14.5. The molecule has 0 aromatic heterocycles. The van der Waals surface area contributed by atoms with Crippen LogP contribution in [0.2, 0.25) is 16.6 Å². The highest BCUT2D eigenvalue weighted by molar-refractivity contribution is 7.91. The van der Waals surface area contributed by atoms with E-state index >= 15 is 0 Å². The summed E-state index contributed by atoms with van der Waals surface area (Å²) >= 11 is 0. The zero-order chi connectivity index (χ0) is 36.5. The topological polar surface area (TPSA) is 160 Å². The van der Waals surface area contributed by atoms with Crippen molar-refractivity contribution >= 4 is 42.2 Å². The van der Waals surface area contributed by atoms with Gasteiger partial charge < -0.3 is 24.7 Å². The molecule has 278 valence electrons. The van der Waals surface area contributed by atoms with Gasteiger partial charge in [-0.2, -0.15) is 0 Å². The Morgan fingerprint density at radius 3 is 2.20 bits per heavy atom. The summed E-state index contributed by atoms with van der Waals surface area (Å²) in [5, 5.41) is 5.12.